The molecule has 1 N–H and O–H groups in total. The van der Waals surface area contributed by atoms with E-state index in [0.29, 0.717) is 34.6 Å². The zero-order valence-corrected chi connectivity index (χ0v) is 18.5. The van der Waals surface area contributed by atoms with Crippen LogP contribution >= 0.6 is 0 Å². The molecule has 170 valence electrons. The number of rotatable bonds is 5. The number of nitrogens with zero attached hydrogens (tertiary/aromatic N) is 2. The van der Waals surface area contributed by atoms with Gasteiger partial charge in [0.25, 0.3) is 11.8 Å². The molecule has 0 atom stereocenters. The van der Waals surface area contributed by atoms with Gasteiger partial charge in [0, 0.05) is 24.8 Å². The van der Waals surface area contributed by atoms with Crippen LogP contribution in [0.5, 0.6) is 0 Å². The number of hydrogen-bond donors (Lipinski definition) is 1. The first kappa shape index (κ1) is 21.6. The Morgan fingerprint density at radius 2 is 1.65 bits per heavy atom. The van der Waals surface area contributed by atoms with Gasteiger partial charge in [-0.2, -0.15) is 0 Å². The van der Waals surface area contributed by atoms with E-state index < -0.39 is 5.91 Å². The number of amides is 3. The number of carbonyl (C=O) groups is 3. The zero-order valence-electron chi connectivity index (χ0n) is 18.5. The second-order valence-electron chi connectivity index (χ2n) is 8.34. The van der Waals surface area contributed by atoms with Crippen LogP contribution in [0.3, 0.4) is 0 Å². The Hall–Kier alpha value is -4.26. The van der Waals surface area contributed by atoms with Crippen molar-refractivity contribution in [1.29, 1.82) is 0 Å². The molecule has 0 unspecified atom stereocenters. The Morgan fingerprint density at radius 3 is 2.35 bits per heavy atom. The summed E-state index contributed by atoms with van der Waals surface area (Å²) in [7, 11) is 0. The highest BCUT2D eigenvalue weighted by Gasteiger charge is 2.43. The van der Waals surface area contributed by atoms with E-state index in [1.54, 1.807) is 36.4 Å². The average Bonchev–Trinajstić information content (AvgIpc) is 3.35. The monoisotopic (exact) mass is 455 g/mol. The zero-order chi connectivity index (χ0) is 23.8. The summed E-state index contributed by atoms with van der Waals surface area (Å²) in [6.45, 7) is 2.06. The molecule has 0 saturated heterocycles. The summed E-state index contributed by atoms with van der Waals surface area (Å²) >= 11 is 0. The van der Waals surface area contributed by atoms with Gasteiger partial charge >= 0.3 is 0 Å². The van der Waals surface area contributed by atoms with Gasteiger partial charge in [-0.15, -0.1) is 0 Å². The van der Waals surface area contributed by atoms with E-state index in [0.717, 1.165) is 17.7 Å². The van der Waals surface area contributed by atoms with Gasteiger partial charge in [0.15, 0.2) is 0 Å². The van der Waals surface area contributed by atoms with E-state index in [-0.39, 0.29) is 24.2 Å². The summed E-state index contributed by atoms with van der Waals surface area (Å²) in [5, 5.41) is 2.71. The highest BCUT2D eigenvalue weighted by molar-refractivity contribution is 6.36. The summed E-state index contributed by atoms with van der Waals surface area (Å²) in [5.74, 6) is -1.36. The maximum absolute atomic E-state index is 13.7. The third kappa shape index (κ3) is 3.85. The van der Waals surface area contributed by atoms with E-state index in [2.05, 4.69) is 5.32 Å². The van der Waals surface area contributed by atoms with Crippen molar-refractivity contribution < 1.29 is 18.8 Å². The van der Waals surface area contributed by atoms with Gasteiger partial charge in [-0.25, -0.2) is 4.39 Å². The molecule has 0 spiro atoms. The van der Waals surface area contributed by atoms with Crippen molar-refractivity contribution in [3.8, 4) is 0 Å². The van der Waals surface area contributed by atoms with E-state index in [1.165, 1.54) is 24.0 Å². The SMILES string of the molecule is CC(=O)Nc1ccc(C2=C(N3CCc4ccccc43)C(=O)N(Cc3ccc(F)cc3)C2=O)cc1. The van der Waals surface area contributed by atoms with E-state index >= 15 is 0 Å². The van der Waals surface area contributed by atoms with Crippen molar-refractivity contribution in [2.24, 2.45) is 0 Å². The average molecular weight is 455 g/mol. The van der Waals surface area contributed by atoms with Crippen molar-refractivity contribution in [3.63, 3.8) is 0 Å². The summed E-state index contributed by atoms with van der Waals surface area (Å²) in [4.78, 5) is 41.8. The van der Waals surface area contributed by atoms with Crippen LogP contribution in [0.25, 0.3) is 5.57 Å². The quantitative estimate of drug-likeness (QED) is 0.588. The molecule has 3 amide bonds. The van der Waals surface area contributed by atoms with Crippen LogP contribution in [0.1, 0.15) is 23.6 Å². The van der Waals surface area contributed by atoms with E-state index in [4.69, 9.17) is 0 Å². The Bertz CT molecular complexity index is 1330. The standard InChI is InChI=1S/C27H22FN3O3/c1-17(32)29-22-12-8-20(9-13-22)24-25(30-15-14-19-4-2-3-5-23(19)30)27(34)31(26(24)33)16-18-6-10-21(28)11-7-18/h2-13H,14-16H2,1H3,(H,29,32). The molecule has 7 heteroatoms. The van der Waals surface area contributed by atoms with Crippen LogP contribution < -0.4 is 10.2 Å². The summed E-state index contributed by atoms with van der Waals surface area (Å²) in [6, 6.07) is 20.5. The molecule has 0 radical (unpaired) electrons. The predicted molar refractivity (Wildman–Crippen MR) is 127 cm³/mol. The fourth-order valence-corrected chi connectivity index (χ4v) is 4.48. The van der Waals surface area contributed by atoms with Crippen LogP contribution in [0.4, 0.5) is 15.8 Å². The molecule has 2 heterocycles. The minimum atomic E-state index is -0.402. The highest BCUT2D eigenvalue weighted by atomic mass is 19.1. The Balaban J connectivity index is 1.57. The normalized spacial score (nSPS) is 15.2. The molecule has 2 aliphatic rings. The number of nitrogens with one attached hydrogen (secondary N) is 1. The number of fused-ring (bicyclic) bond motifs is 1. The first-order chi connectivity index (χ1) is 16.4. The highest BCUT2D eigenvalue weighted by Crippen LogP contribution is 2.39. The number of carbonyl (C=O) groups excluding carboxylic acids is 3. The molecule has 5 rings (SSSR count). The lowest BCUT2D eigenvalue weighted by Gasteiger charge is -2.22. The fraction of sp³-hybridized carbons (Fsp3) is 0.148. The van der Waals surface area contributed by atoms with Gasteiger partial charge in [-0.3, -0.25) is 19.3 Å². The van der Waals surface area contributed by atoms with Crippen molar-refractivity contribution >= 4 is 34.7 Å². The molecule has 3 aromatic carbocycles. The Morgan fingerprint density at radius 1 is 0.941 bits per heavy atom. The lowest BCUT2D eigenvalue weighted by Crippen LogP contribution is -2.34. The van der Waals surface area contributed by atoms with Crippen LogP contribution in [0, 0.1) is 5.82 Å². The van der Waals surface area contributed by atoms with Gasteiger partial charge < -0.3 is 10.2 Å². The minimum absolute atomic E-state index is 0.0460. The molecule has 34 heavy (non-hydrogen) atoms. The van der Waals surface area contributed by atoms with Crippen LogP contribution in [0.2, 0.25) is 0 Å². The fourth-order valence-electron chi connectivity index (χ4n) is 4.48. The topological polar surface area (TPSA) is 69.7 Å². The maximum Gasteiger partial charge on any atom is 0.278 e. The molecule has 0 aliphatic carbocycles. The first-order valence-electron chi connectivity index (χ1n) is 11.0. The largest absolute Gasteiger partial charge is 0.336 e. The van der Waals surface area contributed by atoms with Crippen LogP contribution in [-0.2, 0) is 27.3 Å². The van der Waals surface area contributed by atoms with Gasteiger partial charge in [0.05, 0.1) is 12.1 Å². The molecule has 0 aromatic heterocycles. The number of benzene rings is 3. The van der Waals surface area contributed by atoms with E-state index in [1.807, 2.05) is 29.2 Å². The smallest absolute Gasteiger partial charge is 0.278 e. The molecule has 0 saturated carbocycles. The summed E-state index contributed by atoms with van der Waals surface area (Å²) in [5.41, 5.74) is 4.54. The molecular formula is C27H22FN3O3. The van der Waals surface area contributed by atoms with Gasteiger partial charge in [-0.05, 0) is 53.4 Å². The molecule has 6 nitrogen and oxygen atoms in total. The number of para-hydroxylation sites is 1. The minimum Gasteiger partial charge on any atom is -0.336 e. The van der Waals surface area contributed by atoms with Crippen molar-refractivity contribution in [2.45, 2.75) is 19.9 Å². The van der Waals surface area contributed by atoms with Gasteiger partial charge in [0.1, 0.15) is 11.5 Å². The van der Waals surface area contributed by atoms with Crippen LogP contribution in [-0.4, -0.2) is 29.2 Å². The number of halogens is 1. The Kier molecular flexibility index (Phi) is 5.45. The second-order valence-corrected chi connectivity index (χ2v) is 8.34. The number of anilines is 2. The lowest BCUT2D eigenvalue weighted by atomic mass is 10.0. The van der Waals surface area contributed by atoms with Crippen molar-refractivity contribution in [1.82, 2.24) is 4.90 Å². The molecule has 0 fully saturated rings. The molecule has 2 aliphatic heterocycles. The van der Waals surface area contributed by atoms with Crippen molar-refractivity contribution in [3.05, 3.63) is 101 Å². The van der Waals surface area contributed by atoms with Crippen LogP contribution in [0.15, 0.2) is 78.5 Å². The third-order valence-corrected chi connectivity index (χ3v) is 6.05. The number of hydrogen-bond acceptors (Lipinski definition) is 4. The Labute approximate surface area is 196 Å². The summed E-state index contributed by atoms with van der Waals surface area (Å²) in [6.07, 6.45) is 0.772. The molecule has 3 aromatic rings. The first-order valence-corrected chi connectivity index (χ1v) is 11.0. The van der Waals surface area contributed by atoms with Gasteiger partial charge in [0.2, 0.25) is 5.91 Å². The number of imide groups is 1. The molecular weight excluding hydrogens is 433 g/mol. The third-order valence-electron chi connectivity index (χ3n) is 6.05. The van der Waals surface area contributed by atoms with Crippen molar-refractivity contribution in [2.75, 3.05) is 16.8 Å². The maximum atomic E-state index is 13.7. The summed E-state index contributed by atoms with van der Waals surface area (Å²) < 4.78 is 13.4. The molecule has 0 bridgehead atoms. The van der Waals surface area contributed by atoms with E-state index in [9.17, 15) is 18.8 Å². The van der Waals surface area contributed by atoms with Gasteiger partial charge in [-0.1, -0.05) is 42.5 Å². The lowest BCUT2D eigenvalue weighted by molar-refractivity contribution is -0.137. The second kappa shape index (κ2) is 8.59. The predicted octanol–water partition coefficient (Wildman–Crippen LogP) is 4.13.